The van der Waals surface area contributed by atoms with E-state index in [1.165, 1.54) is 23.0 Å². The van der Waals surface area contributed by atoms with Gasteiger partial charge in [-0.3, -0.25) is 14.9 Å². The van der Waals surface area contributed by atoms with Gasteiger partial charge in [0.2, 0.25) is 5.75 Å². The Labute approximate surface area is 198 Å². The third-order valence-electron chi connectivity index (χ3n) is 4.81. The maximum Gasteiger partial charge on any atom is 0.313 e. The van der Waals surface area contributed by atoms with Crippen molar-refractivity contribution in [2.75, 3.05) is 0 Å². The van der Waals surface area contributed by atoms with Crippen LogP contribution in [0.15, 0.2) is 44.7 Å². The van der Waals surface area contributed by atoms with Gasteiger partial charge in [-0.15, -0.1) is 0 Å². The molecule has 10 heteroatoms. The zero-order chi connectivity index (χ0) is 23.6. The zero-order valence-electron chi connectivity index (χ0n) is 18.0. The number of nitrogens with zero attached hydrogens (tertiary/aromatic N) is 4. The van der Waals surface area contributed by atoms with Gasteiger partial charge in [0.15, 0.2) is 0 Å². The molecule has 0 amide bonds. The summed E-state index contributed by atoms with van der Waals surface area (Å²) in [6.45, 7) is 7.46. The van der Waals surface area contributed by atoms with Gasteiger partial charge in [-0.25, -0.2) is 4.98 Å². The second-order valence-corrected chi connectivity index (χ2v) is 8.90. The van der Waals surface area contributed by atoms with Gasteiger partial charge in [-0.1, -0.05) is 41.4 Å². The topological polar surface area (TPSA) is 99.6 Å². The molecule has 0 N–H and O–H groups in total. The fourth-order valence-electron chi connectivity index (χ4n) is 3.07. The molecule has 0 aliphatic rings. The molecule has 0 fully saturated rings. The molecule has 32 heavy (non-hydrogen) atoms. The van der Waals surface area contributed by atoms with E-state index in [1.807, 2.05) is 19.9 Å². The Bertz CT molecular complexity index is 1270. The molecule has 3 aromatic rings. The summed E-state index contributed by atoms with van der Waals surface area (Å²) in [6, 6.07) is 8.11. The summed E-state index contributed by atoms with van der Waals surface area (Å²) in [5.41, 5.74) is 0.328. The average Bonchev–Trinajstić information content (AvgIpc) is 2.73. The summed E-state index contributed by atoms with van der Waals surface area (Å²) in [6.07, 6.45) is 1.82. The Hall–Kier alpha value is -2.78. The number of halogens is 2. The van der Waals surface area contributed by atoms with Crippen molar-refractivity contribution in [1.29, 1.82) is 0 Å². The lowest BCUT2D eigenvalue weighted by atomic mass is 10.1. The predicted octanol–water partition coefficient (Wildman–Crippen LogP) is 5.90. The summed E-state index contributed by atoms with van der Waals surface area (Å²) in [7, 11) is 0. The highest BCUT2D eigenvalue weighted by Gasteiger charge is 2.21. The molecule has 0 spiro atoms. The van der Waals surface area contributed by atoms with E-state index in [0.29, 0.717) is 22.3 Å². The molecule has 0 saturated carbocycles. The van der Waals surface area contributed by atoms with Gasteiger partial charge in [-0.2, -0.15) is 9.78 Å². The van der Waals surface area contributed by atoms with Gasteiger partial charge in [0.25, 0.3) is 5.56 Å². The minimum absolute atomic E-state index is 0.00139. The maximum absolute atomic E-state index is 13.2. The van der Waals surface area contributed by atoms with Crippen molar-refractivity contribution in [2.24, 2.45) is 5.10 Å². The van der Waals surface area contributed by atoms with Crippen molar-refractivity contribution in [3.63, 3.8) is 0 Å². The van der Waals surface area contributed by atoms with Crippen LogP contribution in [0.4, 0.5) is 5.69 Å². The molecule has 3 rings (SSSR count). The molecule has 8 nitrogen and oxygen atoms in total. The number of fused-ring (bicyclic) bond motifs is 1. The molecule has 1 heterocycles. The second-order valence-electron chi connectivity index (χ2n) is 7.58. The minimum atomic E-state index is -0.563. The van der Waals surface area contributed by atoms with E-state index in [9.17, 15) is 14.9 Å². The number of aromatic nitrogens is 2. The quantitative estimate of drug-likeness (QED) is 0.219. The van der Waals surface area contributed by atoms with Crippen LogP contribution in [-0.4, -0.2) is 26.9 Å². The van der Waals surface area contributed by atoms with E-state index < -0.39 is 4.92 Å². The number of hydrogen-bond donors (Lipinski definition) is 0. The molecular formula is C22H22BrClN4O4. The van der Waals surface area contributed by atoms with Crippen molar-refractivity contribution in [1.82, 2.24) is 9.66 Å². The molecule has 0 bridgehead atoms. The zero-order valence-corrected chi connectivity index (χ0v) is 20.3. The molecule has 0 aliphatic heterocycles. The first kappa shape index (κ1) is 23.9. The van der Waals surface area contributed by atoms with Crippen LogP contribution >= 0.6 is 27.5 Å². The van der Waals surface area contributed by atoms with E-state index in [0.717, 1.165) is 10.9 Å². The van der Waals surface area contributed by atoms with E-state index in [4.69, 9.17) is 16.3 Å². The Morgan fingerprint density at radius 3 is 2.66 bits per heavy atom. The van der Waals surface area contributed by atoms with Crippen LogP contribution < -0.4 is 10.3 Å². The Morgan fingerprint density at radius 2 is 2.03 bits per heavy atom. The lowest BCUT2D eigenvalue weighted by Gasteiger charge is -2.14. The monoisotopic (exact) mass is 520 g/mol. The number of nitro benzene ring substituents is 1. The third-order valence-corrected chi connectivity index (χ3v) is 5.58. The third kappa shape index (κ3) is 4.99. The van der Waals surface area contributed by atoms with Crippen molar-refractivity contribution < 1.29 is 9.66 Å². The highest BCUT2D eigenvalue weighted by molar-refractivity contribution is 9.10. The molecule has 0 radical (unpaired) electrons. The van der Waals surface area contributed by atoms with E-state index >= 15 is 0 Å². The average molecular weight is 522 g/mol. The van der Waals surface area contributed by atoms with Crippen molar-refractivity contribution in [3.8, 4) is 5.75 Å². The van der Waals surface area contributed by atoms with Crippen LogP contribution in [0.3, 0.4) is 0 Å². The van der Waals surface area contributed by atoms with Gasteiger partial charge >= 0.3 is 5.69 Å². The van der Waals surface area contributed by atoms with Crippen LogP contribution in [0.5, 0.6) is 5.75 Å². The van der Waals surface area contributed by atoms with Gasteiger partial charge in [0, 0.05) is 22.0 Å². The minimum Gasteiger partial charge on any atom is -0.483 e. The van der Waals surface area contributed by atoms with Crippen LogP contribution in [0.2, 0.25) is 5.02 Å². The summed E-state index contributed by atoms with van der Waals surface area (Å²) >= 11 is 9.63. The van der Waals surface area contributed by atoms with Gasteiger partial charge in [0.1, 0.15) is 5.82 Å². The number of nitro groups is 1. The fraction of sp³-hybridized carbons (Fsp3) is 0.318. The van der Waals surface area contributed by atoms with E-state index in [1.54, 1.807) is 26.0 Å². The molecule has 0 aliphatic carbocycles. The van der Waals surface area contributed by atoms with Crippen LogP contribution in [0.1, 0.15) is 51.4 Å². The molecule has 0 unspecified atom stereocenters. The SMILES string of the molecule is CC[C@@H](C)c1nc2ccc(Br)cc2c(=O)n1N=Cc1cc(Cl)c(OC(C)C)c([N+](=O)[O-])c1. The van der Waals surface area contributed by atoms with Crippen molar-refractivity contribution in [3.05, 3.63) is 71.7 Å². The summed E-state index contributed by atoms with van der Waals surface area (Å²) < 4.78 is 7.50. The first-order chi connectivity index (χ1) is 15.1. The fourth-order valence-corrected chi connectivity index (χ4v) is 3.69. The Balaban J connectivity index is 2.16. The lowest BCUT2D eigenvalue weighted by molar-refractivity contribution is -0.386. The maximum atomic E-state index is 13.2. The van der Waals surface area contributed by atoms with Gasteiger partial charge in [-0.05, 0) is 44.5 Å². The lowest BCUT2D eigenvalue weighted by Crippen LogP contribution is -2.23. The molecule has 168 valence electrons. The first-order valence-corrected chi connectivity index (χ1v) is 11.2. The van der Waals surface area contributed by atoms with Crippen LogP contribution in [0.25, 0.3) is 10.9 Å². The molecular weight excluding hydrogens is 500 g/mol. The van der Waals surface area contributed by atoms with Crippen molar-refractivity contribution in [2.45, 2.75) is 46.1 Å². The summed E-state index contributed by atoms with van der Waals surface area (Å²) in [5, 5.41) is 16.4. The second kappa shape index (κ2) is 9.79. The van der Waals surface area contributed by atoms with E-state index in [-0.39, 0.29) is 34.0 Å². The van der Waals surface area contributed by atoms with E-state index in [2.05, 4.69) is 26.0 Å². The molecule has 1 atom stereocenters. The smallest absolute Gasteiger partial charge is 0.313 e. The number of hydrogen-bond acceptors (Lipinski definition) is 6. The normalized spacial score (nSPS) is 12.6. The van der Waals surface area contributed by atoms with Gasteiger partial charge in [0.05, 0.1) is 33.2 Å². The molecule has 0 saturated heterocycles. The Morgan fingerprint density at radius 1 is 1.31 bits per heavy atom. The molecule has 2 aromatic carbocycles. The standard InChI is InChI=1S/C22H22BrClN4O4/c1-5-13(4)21-26-18-7-6-15(23)10-16(18)22(29)27(21)25-11-14-8-17(24)20(32-12(2)3)19(9-14)28(30)31/h6-13H,5H2,1-4H3/t13-/m1/s1. The summed E-state index contributed by atoms with van der Waals surface area (Å²) in [5.74, 6) is 0.468. The summed E-state index contributed by atoms with van der Waals surface area (Å²) in [4.78, 5) is 28.8. The van der Waals surface area contributed by atoms with Gasteiger partial charge < -0.3 is 4.74 Å². The van der Waals surface area contributed by atoms with Crippen LogP contribution in [0, 0.1) is 10.1 Å². The first-order valence-electron chi connectivity index (χ1n) is 10.0. The Kier molecular flexibility index (Phi) is 7.30. The predicted molar refractivity (Wildman–Crippen MR) is 129 cm³/mol. The van der Waals surface area contributed by atoms with Crippen LogP contribution in [-0.2, 0) is 0 Å². The largest absolute Gasteiger partial charge is 0.483 e. The highest BCUT2D eigenvalue weighted by Crippen LogP contribution is 2.36. The van der Waals surface area contributed by atoms with Crippen molar-refractivity contribution >= 4 is 50.3 Å². The number of ether oxygens (including phenoxy) is 1. The number of benzene rings is 2. The number of rotatable bonds is 7. The molecule has 1 aromatic heterocycles. The highest BCUT2D eigenvalue weighted by atomic mass is 79.9.